The number of hydrogen-bond acceptors (Lipinski definition) is 3. The van der Waals surface area contributed by atoms with E-state index in [2.05, 4.69) is 18.3 Å². The Kier molecular flexibility index (Phi) is 4.92. The molecule has 0 aromatic rings. The SMILES string of the molecule is CC(CCO)CNC1CCCC1C#N. The first-order valence-corrected chi connectivity index (χ1v) is 5.51. The zero-order valence-electron chi connectivity index (χ0n) is 8.87. The minimum Gasteiger partial charge on any atom is -0.396 e. The summed E-state index contributed by atoms with van der Waals surface area (Å²) in [6.07, 6.45) is 4.19. The summed E-state index contributed by atoms with van der Waals surface area (Å²) in [4.78, 5) is 0. The molecular formula is C11H20N2O. The molecule has 1 aliphatic carbocycles. The number of hydrogen-bond donors (Lipinski definition) is 2. The van der Waals surface area contributed by atoms with Crippen LogP contribution >= 0.6 is 0 Å². The minimum atomic E-state index is 0.205. The van der Waals surface area contributed by atoms with Gasteiger partial charge in [0.2, 0.25) is 0 Å². The Hall–Kier alpha value is -0.590. The molecule has 0 heterocycles. The molecule has 1 aliphatic rings. The summed E-state index contributed by atoms with van der Waals surface area (Å²) in [6.45, 7) is 3.30. The first-order chi connectivity index (χ1) is 6.77. The topological polar surface area (TPSA) is 56.0 Å². The fourth-order valence-electron chi connectivity index (χ4n) is 2.03. The molecule has 3 unspecified atom stereocenters. The third-order valence-electron chi connectivity index (χ3n) is 3.03. The molecule has 0 saturated heterocycles. The van der Waals surface area contributed by atoms with Crippen LogP contribution in [0.1, 0.15) is 32.6 Å². The standard InChI is InChI=1S/C11H20N2O/c1-9(5-6-14)8-13-11-4-2-3-10(11)7-12/h9-11,13-14H,2-6,8H2,1H3. The summed E-state index contributed by atoms with van der Waals surface area (Å²) in [5, 5.41) is 21.1. The number of aliphatic hydroxyl groups excluding tert-OH is 1. The molecule has 0 amide bonds. The zero-order valence-corrected chi connectivity index (χ0v) is 8.87. The van der Waals surface area contributed by atoms with E-state index in [4.69, 9.17) is 10.4 Å². The van der Waals surface area contributed by atoms with Crippen molar-refractivity contribution in [3.8, 4) is 6.07 Å². The van der Waals surface area contributed by atoms with E-state index in [1.165, 1.54) is 6.42 Å². The Balaban J connectivity index is 2.20. The van der Waals surface area contributed by atoms with Gasteiger partial charge in [-0.2, -0.15) is 5.26 Å². The average molecular weight is 196 g/mol. The molecule has 14 heavy (non-hydrogen) atoms. The van der Waals surface area contributed by atoms with Crippen molar-refractivity contribution >= 4 is 0 Å². The van der Waals surface area contributed by atoms with Gasteiger partial charge in [0.25, 0.3) is 0 Å². The van der Waals surface area contributed by atoms with Gasteiger partial charge in [-0.3, -0.25) is 0 Å². The highest BCUT2D eigenvalue weighted by Gasteiger charge is 2.26. The van der Waals surface area contributed by atoms with Crippen LogP contribution in [0.4, 0.5) is 0 Å². The maximum atomic E-state index is 8.88. The predicted octanol–water partition coefficient (Wildman–Crippen LogP) is 1.29. The van der Waals surface area contributed by atoms with Crippen molar-refractivity contribution in [2.24, 2.45) is 11.8 Å². The Bertz CT molecular complexity index is 200. The van der Waals surface area contributed by atoms with E-state index in [9.17, 15) is 0 Å². The molecular weight excluding hydrogens is 176 g/mol. The number of rotatable bonds is 5. The van der Waals surface area contributed by atoms with E-state index in [0.717, 1.165) is 25.8 Å². The van der Waals surface area contributed by atoms with Gasteiger partial charge in [0.15, 0.2) is 0 Å². The number of nitrogens with one attached hydrogen (secondary N) is 1. The summed E-state index contributed by atoms with van der Waals surface area (Å²) in [5.41, 5.74) is 0. The molecule has 1 saturated carbocycles. The van der Waals surface area contributed by atoms with Crippen molar-refractivity contribution < 1.29 is 5.11 Å². The fraction of sp³-hybridized carbons (Fsp3) is 0.909. The number of nitrogens with zero attached hydrogens (tertiary/aromatic N) is 1. The van der Waals surface area contributed by atoms with E-state index < -0.39 is 0 Å². The quantitative estimate of drug-likeness (QED) is 0.696. The van der Waals surface area contributed by atoms with Gasteiger partial charge in [0.05, 0.1) is 12.0 Å². The Morgan fingerprint density at radius 1 is 1.57 bits per heavy atom. The van der Waals surface area contributed by atoms with Crippen LogP contribution in [0.5, 0.6) is 0 Å². The fourth-order valence-corrected chi connectivity index (χ4v) is 2.03. The van der Waals surface area contributed by atoms with Crippen molar-refractivity contribution in [3.05, 3.63) is 0 Å². The molecule has 3 atom stereocenters. The first-order valence-electron chi connectivity index (χ1n) is 5.51. The van der Waals surface area contributed by atoms with Gasteiger partial charge in [-0.1, -0.05) is 13.3 Å². The van der Waals surface area contributed by atoms with E-state index in [0.29, 0.717) is 12.0 Å². The van der Waals surface area contributed by atoms with Gasteiger partial charge in [-0.05, 0) is 31.7 Å². The Morgan fingerprint density at radius 2 is 2.36 bits per heavy atom. The lowest BCUT2D eigenvalue weighted by Gasteiger charge is -2.18. The Labute approximate surface area is 86.1 Å². The molecule has 0 bridgehead atoms. The van der Waals surface area contributed by atoms with Gasteiger partial charge in [-0.25, -0.2) is 0 Å². The van der Waals surface area contributed by atoms with Crippen molar-refractivity contribution in [2.75, 3.05) is 13.2 Å². The molecule has 0 aromatic heterocycles. The molecule has 3 heteroatoms. The predicted molar refractivity (Wildman–Crippen MR) is 55.6 cm³/mol. The molecule has 80 valence electrons. The molecule has 0 spiro atoms. The van der Waals surface area contributed by atoms with Crippen LogP contribution in [0.2, 0.25) is 0 Å². The smallest absolute Gasteiger partial charge is 0.0672 e. The van der Waals surface area contributed by atoms with Crippen LogP contribution in [0.25, 0.3) is 0 Å². The number of aliphatic hydroxyl groups is 1. The third-order valence-corrected chi connectivity index (χ3v) is 3.03. The highest BCUT2D eigenvalue weighted by Crippen LogP contribution is 2.24. The lowest BCUT2D eigenvalue weighted by molar-refractivity contribution is 0.256. The molecule has 1 fully saturated rings. The largest absolute Gasteiger partial charge is 0.396 e. The third kappa shape index (κ3) is 3.28. The van der Waals surface area contributed by atoms with E-state index >= 15 is 0 Å². The highest BCUT2D eigenvalue weighted by molar-refractivity contribution is 4.96. The van der Waals surface area contributed by atoms with Gasteiger partial charge >= 0.3 is 0 Å². The van der Waals surface area contributed by atoms with Crippen LogP contribution in [-0.2, 0) is 0 Å². The average Bonchev–Trinajstić information content (AvgIpc) is 2.62. The van der Waals surface area contributed by atoms with E-state index in [1.807, 2.05) is 0 Å². The summed E-state index contributed by atoms with van der Waals surface area (Å²) < 4.78 is 0. The van der Waals surface area contributed by atoms with E-state index in [-0.39, 0.29) is 12.5 Å². The van der Waals surface area contributed by atoms with Crippen LogP contribution in [-0.4, -0.2) is 24.3 Å². The maximum Gasteiger partial charge on any atom is 0.0672 e. The lowest BCUT2D eigenvalue weighted by atomic mass is 10.0. The number of nitriles is 1. The summed E-state index contributed by atoms with van der Waals surface area (Å²) in [6, 6.07) is 2.75. The van der Waals surface area contributed by atoms with Crippen LogP contribution < -0.4 is 5.32 Å². The van der Waals surface area contributed by atoms with Crippen molar-refractivity contribution in [1.29, 1.82) is 5.26 Å². The first kappa shape index (κ1) is 11.5. The second-order valence-electron chi connectivity index (χ2n) is 4.30. The van der Waals surface area contributed by atoms with Crippen molar-refractivity contribution in [1.82, 2.24) is 5.32 Å². The summed E-state index contributed by atoms with van der Waals surface area (Å²) in [7, 11) is 0. The van der Waals surface area contributed by atoms with Crippen molar-refractivity contribution in [3.63, 3.8) is 0 Å². The second-order valence-corrected chi connectivity index (χ2v) is 4.30. The van der Waals surface area contributed by atoms with Crippen LogP contribution in [0.15, 0.2) is 0 Å². The molecule has 3 nitrogen and oxygen atoms in total. The normalized spacial score (nSPS) is 28.6. The molecule has 1 rings (SSSR count). The zero-order chi connectivity index (χ0) is 10.4. The maximum absolute atomic E-state index is 8.88. The van der Waals surface area contributed by atoms with E-state index in [1.54, 1.807) is 0 Å². The minimum absolute atomic E-state index is 0.205. The molecule has 0 aliphatic heterocycles. The van der Waals surface area contributed by atoms with Gasteiger partial charge in [0, 0.05) is 12.6 Å². The van der Waals surface area contributed by atoms with Crippen molar-refractivity contribution in [2.45, 2.75) is 38.6 Å². The van der Waals surface area contributed by atoms with Gasteiger partial charge in [0.1, 0.15) is 0 Å². The molecule has 2 N–H and O–H groups in total. The lowest BCUT2D eigenvalue weighted by Crippen LogP contribution is -2.35. The van der Waals surface area contributed by atoms with Gasteiger partial charge in [-0.15, -0.1) is 0 Å². The Morgan fingerprint density at radius 3 is 3.00 bits per heavy atom. The summed E-state index contributed by atoms with van der Waals surface area (Å²) >= 11 is 0. The highest BCUT2D eigenvalue weighted by atomic mass is 16.3. The van der Waals surface area contributed by atoms with Gasteiger partial charge < -0.3 is 10.4 Å². The molecule has 0 aromatic carbocycles. The second kappa shape index (κ2) is 6.00. The van der Waals surface area contributed by atoms with Crippen LogP contribution in [0.3, 0.4) is 0 Å². The van der Waals surface area contributed by atoms with Crippen LogP contribution in [0, 0.1) is 23.2 Å². The molecule has 0 radical (unpaired) electrons. The monoisotopic (exact) mass is 196 g/mol. The summed E-state index contributed by atoms with van der Waals surface area (Å²) in [5.74, 6) is 0.705.